The third kappa shape index (κ3) is 4.58. The molecule has 3 N–H and O–H groups in total. The van der Waals surface area contributed by atoms with E-state index in [1.807, 2.05) is 30.3 Å². The molecule has 0 amide bonds. The number of halogens is 3. The van der Waals surface area contributed by atoms with E-state index in [2.05, 4.69) is 0 Å². The first kappa shape index (κ1) is 16.5. The maximum absolute atomic E-state index is 12.9. The Hall–Kier alpha value is -1.85. The summed E-state index contributed by atoms with van der Waals surface area (Å²) in [6, 6.07) is 15.0. The Labute approximate surface area is 127 Å². The molecule has 0 spiro atoms. The molecule has 2 aromatic rings. The summed E-state index contributed by atoms with van der Waals surface area (Å²) in [4.78, 5) is 0. The van der Waals surface area contributed by atoms with Crippen LogP contribution in [0.2, 0.25) is 0 Å². The van der Waals surface area contributed by atoms with Gasteiger partial charge < -0.3 is 10.4 Å². The number of alkyl halides is 3. The Bertz CT molecular complexity index is 584. The van der Waals surface area contributed by atoms with Gasteiger partial charge >= 0.3 is 6.18 Å². The van der Waals surface area contributed by atoms with E-state index in [0.29, 0.717) is 6.42 Å². The monoisotopic (exact) mass is 310 g/mol. The molecule has 0 aliphatic rings. The molecule has 0 radical (unpaired) electrons. The lowest BCUT2D eigenvalue weighted by molar-refractivity contribution is -0.705. The van der Waals surface area contributed by atoms with E-state index in [9.17, 15) is 18.3 Å². The first-order valence-electron chi connectivity index (χ1n) is 7.14. The van der Waals surface area contributed by atoms with Crippen LogP contribution in [0.5, 0.6) is 0 Å². The van der Waals surface area contributed by atoms with Crippen LogP contribution in [-0.4, -0.2) is 17.8 Å². The summed E-state index contributed by atoms with van der Waals surface area (Å²) >= 11 is 0. The summed E-state index contributed by atoms with van der Waals surface area (Å²) in [5.41, 5.74) is 0.686. The van der Waals surface area contributed by atoms with Crippen molar-refractivity contribution >= 4 is 0 Å². The number of aliphatic hydroxyl groups is 1. The minimum Gasteiger partial charge on any atom is -0.390 e. The molecule has 0 saturated heterocycles. The second-order valence-corrected chi connectivity index (χ2v) is 5.23. The number of hydrogen-bond donors (Lipinski definition) is 2. The van der Waals surface area contributed by atoms with Crippen molar-refractivity contribution in [2.45, 2.75) is 25.2 Å². The molecule has 2 rings (SSSR count). The first-order valence-corrected chi connectivity index (χ1v) is 7.14. The standard InChI is InChI=1S/C17H18F3NO/c18-17(19,20)16-9-5-4-8-14(16)11-21-15(12-22)10-13-6-2-1-3-7-13/h1-9,15,21-22H,10-12H2/p+1/t15-/m0/s1. The van der Waals surface area contributed by atoms with E-state index in [0.717, 1.165) is 11.6 Å². The van der Waals surface area contributed by atoms with Crippen LogP contribution in [0, 0.1) is 0 Å². The molecule has 2 aromatic carbocycles. The fourth-order valence-corrected chi connectivity index (χ4v) is 2.41. The molecule has 0 aliphatic heterocycles. The molecule has 2 nitrogen and oxygen atoms in total. The summed E-state index contributed by atoms with van der Waals surface area (Å²) in [6.07, 6.45) is -3.73. The molecule has 0 saturated carbocycles. The van der Waals surface area contributed by atoms with Crippen LogP contribution in [0.15, 0.2) is 54.6 Å². The van der Waals surface area contributed by atoms with Crippen LogP contribution in [0.1, 0.15) is 16.7 Å². The molecule has 0 fully saturated rings. The number of hydrogen-bond acceptors (Lipinski definition) is 1. The highest BCUT2D eigenvalue weighted by Crippen LogP contribution is 2.31. The van der Waals surface area contributed by atoms with E-state index in [1.165, 1.54) is 12.1 Å². The second kappa shape index (κ2) is 7.42. The van der Waals surface area contributed by atoms with Crippen molar-refractivity contribution in [3.8, 4) is 0 Å². The Morgan fingerprint density at radius 1 is 0.955 bits per heavy atom. The quantitative estimate of drug-likeness (QED) is 0.844. The van der Waals surface area contributed by atoms with Crippen molar-refractivity contribution < 1.29 is 23.6 Å². The first-order chi connectivity index (χ1) is 10.5. The second-order valence-electron chi connectivity index (χ2n) is 5.23. The zero-order valence-corrected chi connectivity index (χ0v) is 12.1. The minimum atomic E-state index is -4.35. The van der Waals surface area contributed by atoms with Crippen LogP contribution in [0.25, 0.3) is 0 Å². The van der Waals surface area contributed by atoms with Gasteiger partial charge in [0.2, 0.25) is 0 Å². The lowest BCUT2D eigenvalue weighted by Crippen LogP contribution is -2.90. The van der Waals surface area contributed by atoms with Crippen molar-refractivity contribution in [1.29, 1.82) is 0 Å². The van der Waals surface area contributed by atoms with Crippen molar-refractivity contribution in [2.75, 3.05) is 6.61 Å². The summed E-state index contributed by atoms with van der Waals surface area (Å²) < 4.78 is 38.8. The minimum absolute atomic E-state index is 0.0803. The number of benzene rings is 2. The molecular formula is C17H19F3NO+. The van der Waals surface area contributed by atoms with Crippen LogP contribution in [0.3, 0.4) is 0 Å². The molecule has 0 heterocycles. The lowest BCUT2D eigenvalue weighted by Gasteiger charge is -2.16. The van der Waals surface area contributed by atoms with Gasteiger partial charge in [-0.2, -0.15) is 13.2 Å². The average molecular weight is 310 g/mol. The summed E-state index contributed by atoms with van der Waals surface area (Å²) in [5.74, 6) is 0. The van der Waals surface area contributed by atoms with E-state index < -0.39 is 11.7 Å². The van der Waals surface area contributed by atoms with Gasteiger partial charge in [-0.15, -0.1) is 0 Å². The molecular weight excluding hydrogens is 291 g/mol. The smallest absolute Gasteiger partial charge is 0.390 e. The highest BCUT2D eigenvalue weighted by Gasteiger charge is 2.33. The molecule has 1 atom stereocenters. The maximum atomic E-state index is 12.9. The van der Waals surface area contributed by atoms with E-state index >= 15 is 0 Å². The van der Waals surface area contributed by atoms with Crippen molar-refractivity contribution in [3.63, 3.8) is 0 Å². The maximum Gasteiger partial charge on any atom is 0.416 e. The van der Waals surface area contributed by atoms with Crippen molar-refractivity contribution in [3.05, 3.63) is 71.3 Å². The fraction of sp³-hybridized carbons (Fsp3) is 0.294. The predicted molar refractivity (Wildman–Crippen MR) is 78.1 cm³/mol. The Kier molecular flexibility index (Phi) is 5.57. The fourth-order valence-electron chi connectivity index (χ4n) is 2.41. The Morgan fingerprint density at radius 2 is 1.59 bits per heavy atom. The van der Waals surface area contributed by atoms with E-state index in [1.54, 1.807) is 11.4 Å². The van der Waals surface area contributed by atoms with E-state index in [4.69, 9.17) is 0 Å². The highest BCUT2D eigenvalue weighted by molar-refractivity contribution is 5.28. The summed E-state index contributed by atoms with van der Waals surface area (Å²) in [6.45, 7) is 0.108. The van der Waals surface area contributed by atoms with Gasteiger partial charge in [0.1, 0.15) is 12.6 Å². The largest absolute Gasteiger partial charge is 0.416 e. The SMILES string of the molecule is OC[C@H](Cc1ccccc1)[NH2+]Cc1ccccc1C(F)(F)F. The Balaban J connectivity index is 2.02. The van der Waals surface area contributed by atoms with Crippen molar-refractivity contribution in [2.24, 2.45) is 0 Å². The van der Waals surface area contributed by atoms with Crippen LogP contribution in [0.4, 0.5) is 13.2 Å². The van der Waals surface area contributed by atoms with Crippen LogP contribution >= 0.6 is 0 Å². The predicted octanol–water partition coefficient (Wildman–Crippen LogP) is 2.37. The lowest BCUT2D eigenvalue weighted by atomic mass is 10.0. The number of nitrogens with two attached hydrogens (primary N) is 1. The van der Waals surface area contributed by atoms with Crippen molar-refractivity contribution in [1.82, 2.24) is 0 Å². The molecule has 118 valence electrons. The van der Waals surface area contributed by atoms with E-state index in [-0.39, 0.29) is 24.8 Å². The Morgan fingerprint density at radius 3 is 2.23 bits per heavy atom. The van der Waals surface area contributed by atoms with Gasteiger partial charge in [-0.1, -0.05) is 48.5 Å². The molecule has 0 unspecified atom stereocenters. The number of rotatable bonds is 6. The third-order valence-electron chi connectivity index (χ3n) is 3.57. The van der Waals surface area contributed by atoms with Gasteiger partial charge in [0.25, 0.3) is 0 Å². The highest BCUT2D eigenvalue weighted by atomic mass is 19.4. The van der Waals surface area contributed by atoms with Crippen LogP contribution in [-0.2, 0) is 19.1 Å². The van der Waals surface area contributed by atoms with Gasteiger partial charge in [0.05, 0.1) is 12.2 Å². The molecule has 22 heavy (non-hydrogen) atoms. The molecule has 0 aliphatic carbocycles. The topological polar surface area (TPSA) is 36.8 Å². The van der Waals surface area contributed by atoms with Gasteiger partial charge in [-0.3, -0.25) is 0 Å². The number of quaternary nitrogens is 1. The molecule has 0 bridgehead atoms. The van der Waals surface area contributed by atoms with Crippen LogP contribution < -0.4 is 5.32 Å². The molecule has 0 aromatic heterocycles. The van der Waals surface area contributed by atoms with Gasteiger partial charge in [0.15, 0.2) is 0 Å². The van der Waals surface area contributed by atoms with Gasteiger partial charge in [-0.05, 0) is 11.6 Å². The third-order valence-corrected chi connectivity index (χ3v) is 3.57. The summed E-state index contributed by atoms with van der Waals surface area (Å²) in [5, 5.41) is 11.2. The number of aliphatic hydroxyl groups excluding tert-OH is 1. The zero-order valence-electron chi connectivity index (χ0n) is 12.1. The van der Waals surface area contributed by atoms with Gasteiger partial charge in [0, 0.05) is 12.0 Å². The molecule has 5 heteroatoms. The summed E-state index contributed by atoms with van der Waals surface area (Å²) in [7, 11) is 0. The average Bonchev–Trinajstić information content (AvgIpc) is 2.52. The van der Waals surface area contributed by atoms with Gasteiger partial charge in [-0.25, -0.2) is 0 Å². The normalized spacial score (nSPS) is 13.1. The zero-order chi connectivity index (χ0) is 16.0.